The first-order chi connectivity index (χ1) is 12.6. The van der Waals surface area contributed by atoms with Crippen molar-refractivity contribution in [1.29, 1.82) is 0 Å². The molecule has 2 aromatic rings. The van der Waals surface area contributed by atoms with Crippen molar-refractivity contribution in [3.05, 3.63) is 64.4 Å². The van der Waals surface area contributed by atoms with E-state index < -0.39 is 12.1 Å². The molecule has 132 valence electrons. The molecule has 4 rings (SSSR count). The Morgan fingerprint density at radius 1 is 1.23 bits per heavy atom. The molecule has 1 fully saturated rings. The summed E-state index contributed by atoms with van der Waals surface area (Å²) in [6.45, 7) is 0.567. The fourth-order valence-corrected chi connectivity index (χ4v) is 3.10. The van der Waals surface area contributed by atoms with Gasteiger partial charge in [0.2, 0.25) is 5.78 Å². The van der Waals surface area contributed by atoms with Crippen molar-refractivity contribution >= 4 is 29.4 Å². The predicted octanol–water partition coefficient (Wildman–Crippen LogP) is 4.04. The third kappa shape index (κ3) is 3.23. The lowest BCUT2D eigenvalue weighted by Crippen LogP contribution is -2.24. The molecule has 0 aliphatic carbocycles. The van der Waals surface area contributed by atoms with Crippen LogP contribution in [0, 0.1) is 0 Å². The summed E-state index contributed by atoms with van der Waals surface area (Å²) < 4.78 is 16.3. The molecule has 0 aromatic heterocycles. The number of halogens is 1. The minimum Gasteiger partial charge on any atom is -0.452 e. The maximum Gasteiger partial charge on any atom is 0.340 e. The lowest BCUT2D eigenvalue weighted by atomic mass is 10.1. The zero-order valence-corrected chi connectivity index (χ0v) is 14.5. The summed E-state index contributed by atoms with van der Waals surface area (Å²) in [5, 5.41) is 0.526. The normalized spacial score (nSPS) is 20.1. The highest BCUT2D eigenvalue weighted by Gasteiger charge is 2.29. The molecule has 2 heterocycles. The molecule has 26 heavy (non-hydrogen) atoms. The van der Waals surface area contributed by atoms with Crippen LogP contribution in [0.15, 0.2) is 48.2 Å². The van der Waals surface area contributed by atoms with E-state index >= 15 is 0 Å². The van der Waals surface area contributed by atoms with E-state index in [1.54, 1.807) is 30.3 Å². The van der Waals surface area contributed by atoms with Crippen molar-refractivity contribution in [1.82, 2.24) is 0 Å². The second-order valence-electron chi connectivity index (χ2n) is 6.04. The number of hydrogen-bond acceptors (Lipinski definition) is 5. The van der Waals surface area contributed by atoms with Gasteiger partial charge in [0.15, 0.2) is 11.9 Å². The summed E-state index contributed by atoms with van der Waals surface area (Å²) in [5.41, 5.74) is 1.11. The van der Waals surface area contributed by atoms with Crippen LogP contribution in [0.5, 0.6) is 11.5 Å². The Labute approximate surface area is 155 Å². The zero-order chi connectivity index (χ0) is 18.1. The smallest absolute Gasteiger partial charge is 0.340 e. The molecule has 2 aromatic carbocycles. The van der Waals surface area contributed by atoms with Crippen molar-refractivity contribution < 1.29 is 23.8 Å². The SMILES string of the molecule is O=C1/C(=C/c2ccccc2Cl)Oc2cc(OC(=O)C3CCCO3)ccc21. The highest BCUT2D eigenvalue weighted by atomic mass is 35.5. The van der Waals surface area contributed by atoms with Crippen LogP contribution < -0.4 is 9.47 Å². The number of esters is 1. The summed E-state index contributed by atoms with van der Waals surface area (Å²) in [6, 6.07) is 11.9. The Morgan fingerprint density at radius 3 is 2.85 bits per heavy atom. The van der Waals surface area contributed by atoms with Crippen molar-refractivity contribution in [3.63, 3.8) is 0 Å². The molecule has 1 atom stereocenters. The maximum atomic E-state index is 12.5. The molecular formula is C20H15ClO5. The van der Waals surface area contributed by atoms with Crippen LogP contribution in [-0.4, -0.2) is 24.5 Å². The molecule has 1 saturated heterocycles. The molecule has 5 nitrogen and oxygen atoms in total. The summed E-state index contributed by atoms with van der Waals surface area (Å²) in [5.74, 6) is 0.174. The van der Waals surface area contributed by atoms with E-state index in [2.05, 4.69) is 0 Å². The van der Waals surface area contributed by atoms with Crippen LogP contribution in [0.4, 0.5) is 0 Å². The van der Waals surface area contributed by atoms with Gasteiger partial charge in [-0.15, -0.1) is 0 Å². The molecule has 0 spiro atoms. The van der Waals surface area contributed by atoms with Gasteiger partial charge in [-0.2, -0.15) is 0 Å². The molecular weight excluding hydrogens is 356 g/mol. The second kappa shape index (κ2) is 6.94. The number of ether oxygens (including phenoxy) is 3. The molecule has 0 saturated carbocycles. The van der Waals surface area contributed by atoms with Crippen molar-refractivity contribution in [2.24, 2.45) is 0 Å². The minimum atomic E-state index is -0.526. The minimum absolute atomic E-state index is 0.177. The van der Waals surface area contributed by atoms with Gasteiger partial charge >= 0.3 is 5.97 Å². The predicted molar refractivity (Wildman–Crippen MR) is 95.4 cm³/mol. The summed E-state index contributed by atoms with van der Waals surface area (Å²) in [4.78, 5) is 24.5. The van der Waals surface area contributed by atoms with Crippen LogP contribution >= 0.6 is 11.6 Å². The number of benzene rings is 2. The van der Waals surface area contributed by atoms with Crippen LogP contribution in [0.25, 0.3) is 6.08 Å². The summed E-state index contributed by atoms with van der Waals surface area (Å²) >= 11 is 6.13. The summed E-state index contributed by atoms with van der Waals surface area (Å²) in [7, 11) is 0. The Kier molecular flexibility index (Phi) is 4.49. The van der Waals surface area contributed by atoms with E-state index in [-0.39, 0.29) is 11.5 Å². The molecule has 0 amide bonds. The number of rotatable bonds is 3. The number of carbonyl (C=O) groups excluding carboxylic acids is 2. The average molecular weight is 371 g/mol. The molecule has 0 radical (unpaired) electrons. The van der Waals surface area contributed by atoms with E-state index in [0.29, 0.717) is 40.7 Å². The molecule has 1 unspecified atom stereocenters. The number of ketones is 1. The van der Waals surface area contributed by atoms with Gasteiger partial charge in [0.05, 0.1) is 5.56 Å². The van der Waals surface area contributed by atoms with Gasteiger partial charge in [-0.25, -0.2) is 4.79 Å². The monoisotopic (exact) mass is 370 g/mol. The Hall–Kier alpha value is -2.63. The zero-order valence-electron chi connectivity index (χ0n) is 13.7. The Morgan fingerprint density at radius 2 is 2.08 bits per heavy atom. The van der Waals surface area contributed by atoms with E-state index in [9.17, 15) is 9.59 Å². The van der Waals surface area contributed by atoms with Crippen molar-refractivity contribution in [2.75, 3.05) is 6.61 Å². The van der Waals surface area contributed by atoms with Gasteiger partial charge in [0.1, 0.15) is 11.5 Å². The fourth-order valence-electron chi connectivity index (χ4n) is 2.91. The standard InChI is InChI=1S/C20H15ClO5/c21-15-5-2-1-4-12(15)10-18-19(22)14-8-7-13(11-17(14)26-18)25-20(23)16-6-3-9-24-16/h1-2,4-5,7-8,10-11,16H,3,6,9H2/b18-10-. The Balaban J connectivity index is 1.55. The molecule has 6 heteroatoms. The van der Waals surface area contributed by atoms with Gasteiger partial charge < -0.3 is 14.2 Å². The third-order valence-electron chi connectivity index (χ3n) is 4.24. The molecule has 2 aliphatic rings. The Bertz CT molecular complexity index is 912. The largest absolute Gasteiger partial charge is 0.452 e. The van der Waals surface area contributed by atoms with Crippen molar-refractivity contribution in [3.8, 4) is 11.5 Å². The number of allylic oxidation sites excluding steroid dienone is 1. The molecule has 0 bridgehead atoms. The first kappa shape index (κ1) is 16.8. The lowest BCUT2D eigenvalue weighted by Gasteiger charge is -2.09. The average Bonchev–Trinajstić information content (AvgIpc) is 3.26. The van der Waals surface area contributed by atoms with Gasteiger partial charge in [-0.05, 0) is 42.7 Å². The first-order valence-corrected chi connectivity index (χ1v) is 8.66. The van der Waals surface area contributed by atoms with E-state index in [4.69, 9.17) is 25.8 Å². The van der Waals surface area contributed by atoms with Gasteiger partial charge in [-0.1, -0.05) is 29.8 Å². The highest BCUT2D eigenvalue weighted by molar-refractivity contribution is 6.32. The molecule has 2 aliphatic heterocycles. The van der Waals surface area contributed by atoms with E-state index in [1.165, 1.54) is 6.07 Å². The fraction of sp³-hybridized carbons (Fsp3) is 0.200. The number of fused-ring (bicyclic) bond motifs is 1. The van der Waals surface area contributed by atoms with Gasteiger partial charge in [-0.3, -0.25) is 4.79 Å². The van der Waals surface area contributed by atoms with E-state index in [0.717, 1.165) is 6.42 Å². The van der Waals surface area contributed by atoms with Crippen LogP contribution in [0.2, 0.25) is 5.02 Å². The maximum absolute atomic E-state index is 12.5. The van der Waals surface area contributed by atoms with E-state index in [1.807, 2.05) is 12.1 Å². The second-order valence-corrected chi connectivity index (χ2v) is 6.45. The van der Waals surface area contributed by atoms with Crippen molar-refractivity contribution in [2.45, 2.75) is 18.9 Å². The topological polar surface area (TPSA) is 61.8 Å². The quantitative estimate of drug-likeness (QED) is 0.463. The van der Waals surface area contributed by atoms with Crippen LogP contribution in [0.3, 0.4) is 0 Å². The highest BCUT2D eigenvalue weighted by Crippen LogP contribution is 2.35. The number of carbonyl (C=O) groups is 2. The molecule has 0 N–H and O–H groups in total. The van der Waals surface area contributed by atoms with Gasteiger partial charge in [0, 0.05) is 17.7 Å². The number of hydrogen-bond donors (Lipinski definition) is 0. The lowest BCUT2D eigenvalue weighted by molar-refractivity contribution is -0.144. The van der Waals surface area contributed by atoms with Crippen LogP contribution in [0.1, 0.15) is 28.8 Å². The van der Waals surface area contributed by atoms with Gasteiger partial charge in [0.25, 0.3) is 0 Å². The first-order valence-electron chi connectivity index (χ1n) is 8.28. The number of Topliss-reactive ketones (excluding diaryl/α,β-unsaturated/α-hetero) is 1. The third-order valence-corrected chi connectivity index (χ3v) is 4.59. The summed E-state index contributed by atoms with van der Waals surface area (Å²) in [6.07, 6.45) is 2.57. The van der Waals surface area contributed by atoms with Crippen LogP contribution in [-0.2, 0) is 9.53 Å².